The van der Waals surface area contributed by atoms with E-state index in [2.05, 4.69) is 78.4 Å². The number of hydrogen-bond donors (Lipinski definition) is 21. The Morgan fingerprint density at radius 2 is 1.10 bits per heavy atom. The van der Waals surface area contributed by atoms with Crippen LogP contribution in [0.2, 0.25) is 0 Å². The van der Waals surface area contributed by atoms with Gasteiger partial charge in [-0.25, -0.2) is 4.98 Å². The summed E-state index contributed by atoms with van der Waals surface area (Å²) in [5.41, 5.74) is 14.0. The molecule has 9 rings (SSSR count). The van der Waals surface area contributed by atoms with Gasteiger partial charge in [0.15, 0.2) is 5.96 Å². The molecular weight excluding hydrogens is 1780 g/mol. The molecular formula is C91H127N23O21S. The highest BCUT2D eigenvalue weighted by Crippen LogP contribution is 2.28. The molecule has 15 atom stereocenters. The summed E-state index contributed by atoms with van der Waals surface area (Å²) in [6, 6.07) is -2.65. The Kier molecular flexibility index (Phi) is 39.4. The number of benzene rings is 3. The number of aromatic nitrogens is 4. The number of fused-ring (bicyclic) bond motifs is 4. The lowest BCUT2D eigenvalue weighted by Gasteiger charge is -2.36. The van der Waals surface area contributed by atoms with E-state index in [9.17, 15) is 63.6 Å². The number of rotatable bonds is 26. The number of aliphatic carboxylic acids is 1. The van der Waals surface area contributed by atoms with Crippen molar-refractivity contribution in [2.75, 3.05) is 65.4 Å². The maximum atomic E-state index is 15.8. The normalized spacial score (nSPS) is 24.7. The van der Waals surface area contributed by atoms with Gasteiger partial charge in [0.1, 0.15) is 90.3 Å². The number of hydrogen-bond acceptors (Lipinski definition) is 23. The average Bonchev–Trinajstić information content (AvgIpc) is 1.53. The molecule has 0 unspecified atom stereocenters. The maximum Gasteiger partial charge on any atom is 0.305 e. The number of nitrogens with zero attached hydrogens (tertiary/aromatic N) is 6. The monoisotopic (exact) mass is 1910 g/mol. The van der Waals surface area contributed by atoms with Crippen molar-refractivity contribution < 1.29 is 102 Å². The minimum Gasteiger partial charge on any atom is -0.508 e. The smallest absolute Gasteiger partial charge is 0.305 e. The number of aliphatic hydroxyl groups is 2. The van der Waals surface area contributed by atoms with Gasteiger partial charge in [-0.1, -0.05) is 102 Å². The molecule has 0 bridgehead atoms. The molecule has 23 N–H and O–H groups in total. The van der Waals surface area contributed by atoms with Gasteiger partial charge in [0.25, 0.3) is 0 Å². The van der Waals surface area contributed by atoms with Crippen LogP contribution in [-0.2, 0) is 107 Å². The lowest BCUT2D eigenvalue weighted by Crippen LogP contribution is -2.62. The zero-order valence-corrected chi connectivity index (χ0v) is 78.2. The zero-order valence-electron chi connectivity index (χ0n) is 77.4. The lowest BCUT2D eigenvalue weighted by molar-refractivity contribution is -0.149. The van der Waals surface area contributed by atoms with Crippen LogP contribution >= 0.6 is 11.8 Å². The number of phenolic OH excluding ortho intramolecular Hbond substituents is 1. The van der Waals surface area contributed by atoms with Gasteiger partial charge in [0.05, 0.1) is 37.8 Å². The Labute approximate surface area is 789 Å². The average molecular weight is 1910 g/mol. The van der Waals surface area contributed by atoms with Crippen molar-refractivity contribution in [3.8, 4) is 5.75 Å². The van der Waals surface area contributed by atoms with Gasteiger partial charge >= 0.3 is 5.97 Å². The summed E-state index contributed by atoms with van der Waals surface area (Å²) in [4.78, 5) is 269. The molecule has 16 amide bonds. The van der Waals surface area contributed by atoms with Crippen LogP contribution in [-0.4, -0.2) is 327 Å². The van der Waals surface area contributed by atoms with Crippen LogP contribution in [0.15, 0.2) is 97.7 Å². The number of H-pyrrole nitrogens is 3. The number of guanidine groups is 1. The number of nitrogens with one attached hydrogen (secondary N) is 15. The third-order valence-corrected chi connectivity index (χ3v) is 25.3. The molecule has 6 aromatic rings. The number of thioether (sulfide) groups is 1. The quantitative estimate of drug-likeness (QED) is 0.0154. The summed E-state index contributed by atoms with van der Waals surface area (Å²) >= 11 is 0.750. The van der Waals surface area contributed by atoms with Crippen molar-refractivity contribution in [1.82, 2.24) is 103 Å². The standard InChI is InChI=1S/C91H127N23O21S/c1-9-11-24-70-83(128)102-61(23-17-31-96-91(93)94)79(124)109-69(78(123)99-43-74(92)118)46-136-47-75(119)101-65(34-51-27-29-55(116)30-28-51)86(131)110(6)50(5)77(122)105-67(39-76(120)121)88(133)113-32-18-26-71(113)84(129)104-63(37-54-42-95-48-100-54)81(126)106-64(33-49(3)4)89(134)114-44-56(117)38-73(114)85(130)103-62(35-52-40-97-59-21-15-13-19-57(52)59)80(125)108-68(45-115)82(127)107-66(36-53-41-98-60-22-16-14-20-58(53)60)87(132)112(8)72(25-12-10-2)90(135)111(70)7/h13-16,19-22,27-30,40-42,48-50,56,61-73,97-98,115-117H,9-12,17-18,23-26,31-39,43-47H2,1-8H3,(H2,92,118)(H,95,100)(H,99,123)(H,101,119)(H,102,128)(H,103,130)(H,104,129)(H,105,122)(H,106,126)(H,107,127)(H,108,125)(H,109,124)(H,120,121)(H4,93,94,96)/t50-,56-,61+,62+,63+,64+,65+,66+,67+,68+,69+,70+,71+,72+,73+/m1/s1. The number of aromatic hydroxyl groups is 1. The number of primary amides is 1. The van der Waals surface area contributed by atoms with Crippen LogP contribution in [0.4, 0.5) is 0 Å². The number of aromatic amines is 3. The van der Waals surface area contributed by atoms with Crippen molar-refractivity contribution >= 4 is 140 Å². The number of nitrogens with two attached hydrogens (primary N) is 2. The number of amides is 16. The number of imidazole rings is 1. The molecule has 136 heavy (non-hydrogen) atoms. The van der Waals surface area contributed by atoms with E-state index in [-0.39, 0.29) is 95.4 Å². The van der Waals surface area contributed by atoms with Gasteiger partial charge in [-0.2, -0.15) is 0 Å². The number of unbranched alkanes of at least 4 members (excludes halogenated alkanes) is 2. The first-order chi connectivity index (χ1) is 64.8. The molecule has 6 heterocycles. The van der Waals surface area contributed by atoms with E-state index in [4.69, 9.17) is 16.9 Å². The van der Waals surface area contributed by atoms with Crippen LogP contribution in [0.1, 0.15) is 140 Å². The van der Waals surface area contributed by atoms with Crippen LogP contribution in [0.25, 0.3) is 21.8 Å². The van der Waals surface area contributed by atoms with Crippen molar-refractivity contribution in [2.24, 2.45) is 17.4 Å². The fraction of sp³-hybridized carbons (Fsp3) is 0.527. The Balaban J connectivity index is 1.10. The summed E-state index contributed by atoms with van der Waals surface area (Å²) in [7, 11) is 3.87. The molecule has 3 saturated heterocycles. The van der Waals surface area contributed by atoms with Gasteiger partial charge in [0, 0.05) is 125 Å². The summed E-state index contributed by atoms with van der Waals surface area (Å²) in [6.07, 6.45) is 3.22. The fourth-order valence-corrected chi connectivity index (χ4v) is 17.6. The van der Waals surface area contributed by atoms with E-state index in [0.717, 1.165) is 36.3 Å². The summed E-state index contributed by atoms with van der Waals surface area (Å²) < 4.78 is 0. The molecule has 3 aromatic carbocycles. The van der Waals surface area contributed by atoms with E-state index in [0.29, 0.717) is 69.9 Å². The van der Waals surface area contributed by atoms with Crippen LogP contribution in [0, 0.1) is 11.3 Å². The molecule has 0 aliphatic carbocycles. The molecule has 0 saturated carbocycles. The topological polar surface area (TPSA) is 656 Å². The predicted octanol–water partition coefficient (Wildman–Crippen LogP) is -2.33. The summed E-state index contributed by atoms with van der Waals surface area (Å²) in [5.74, 6) is -18.9. The highest BCUT2D eigenvalue weighted by molar-refractivity contribution is 8.00. The number of carbonyl (C=O) groups is 17. The molecule has 45 heteroatoms. The fourth-order valence-electron chi connectivity index (χ4n) is 16.8. The van der Waals surface area contributed by atoms with Crippen LogP contribution in [0.5, 0.6) is 5.75 Å². The van der Waals surface area contributed by atoms with Crippen molar-refractivity contribution in [2.45, 2.75) is 234 Å². The summed E-state index contributed by atoms with van der Waals surface area (Å²) in [5, 5.41) is 81.2. The van der Waals surface area contributed by atoms with Crippen LogP contribution < -0.4 is 70.0 Å². The van der Waals surface area contributed by atoms with E-state index < -0.39 is 241 Å². The Morgan fingerprint density at radius 3 is 1.70 bits per heavy atom. The number of carbonyl (C=O) groups excluding carboxylic acids is 16. The van der Waals surface area contributed by atoms with Gasteiger partial charge in [-0.3, -0.25) is 86.9 Å². The van der Waals surface area contributed by atoms with E-state index in [1.54, 1.807) is 74.8 Å². The lowest BCUT2D eigenvalue weighted by atomic mass is 10.00. The molecule has 738 valence electrons. The largest absolute Gasteiger partial charge is 0.508 e. The summed E-state index contributed by atoms with van der Waals surface area (Å²) in [6.45, 7) is 5.89. The molecule has 3 aliphatic rings. The van der Waals surface area contributed by atoms with E-state index in [1.165, 1.54) is 64.9 Å². The number of phenols is 1. The number of para-hydroxylation sites is 2. The molecule has 0 spiro atoms. The maximum absolute atomic E-state index is 15.8. The van der Waals surface area contributed by atoms with Crippen molar-refractivity contribution in [3.63, 3.8) is 0 Å². The first-order valence-electron chi connectivity index (χ1n) is 45.5. The highest BCUT2D eigenvalue weighted by atomic mass is 32.2. The van der Waals surface area contributed by atoms with E-state index >= 15 is 38.4 Å². The number of likely N-dealkylation sites (N-methyl/N-ethyl adjacent to an activating group) is 3. The van der Waals surface area contributed by atoms with Crippen LogP contribution in [0.3, 0.4) is 0 Å². The van der Waals surface area contributed by atoms with Gasteiger partial charge in [-0.15, -0.1) is 11.8 Å². The second-order valence-electron chi connectivity index (χ2n) is 34.9. The first kappa shape index (κ1) is 106. The Hall–Kier alpha value is -13.7. The van der Waals surface area contributed by atoms with Gasteiger partial charge in [-0.05, 0) is 98.7 Å². The minimum absolute atomic E-state index is 0.0161. The van der Waals surface area contributed by atoms with Gasteiger partial charge < -0.3 is 130 Å². The third kappa shape index (κ3) is 29.4. The van der Waals surface area contributed by atoms with Crippen molar-refractivity contribution in [3.05, 3.63) is 120 Å². The van der Waals surface area contributed by atoms with Gasteiger partial charge in [0.2, 0.25) is 94.5 Å². The Morgan fingerprint density at radius 1 is 0.566 bits per heavy atom. The first-order valence-corrected chi connectivity index (χ1v) is 46.7. The molecule has 0 radical (unpaired) electrons. The minimum atomic E-state index is -1.91. The predicted molar refractivity (Wildman–Crippen MR) is 498 cm³/mol. The van der Waals surface area contributed by atoms with Crippen molar-refractivity contribution in [1.29, 1.82) is 5.41 Å². The molecule has 44 nitrogen and oxygen atoms in total. The SMILES string of the molecule is CCCC[C@H]1C(=O)N(C)[C@@H](CCCC)C(=O)N[C@@H](CCCNC(=N)N)C(=O)N[C@H](C(=O)NCC(N)=O)CSCC(=O)N[C@@H](Cc2ccc(O)cc2)C(=O)N(C)[C@H](C)C(=O)N[C@@H](CC(=O)O)C(=O)N2CCC[C@H]2C(=O)N[C@@H](Cc2cnc[nH]2)C(=O)N[C@@H](CC(C)C)C(=O)N2C[C@H](O)C[C@H]2C(=O)N[C@@H](Cc2c[nH]c3ccccc23)C(=O)N[C@@H](CO)C(=O)N[C@@H](Cc2c[nH]c3ccccc23)C(=O)N1C. The molecule has 3 aliphatic heterocycles. The molecule has 3 aromatic heterocycles. The number of carboxylic acid groups (broad SMARTS) is 1. The second kappa shape index (κ2) is 50.6. The second-order valence-corrected chi connectivity index (χ2v) is 35.9. The highest BCUT2D eigenvalue weighted by Gasteiger charge is 2.47. The number of carboxylic acids is 1. The number of aliphatic hydroxyl groups excluding tert-OH is 2. The Bertz CT molecular complexity index is 5250. The van der Waals surface area contributed by atoms with E-state index in [1.807, 2.05) is 13.8 Å². The zero-order chi connectivity index (χ0) is 99.3. The third-order valence-electron chi connectivity index (χ3n) is 24.3. The molecule has 3 fully saturated rings.